The van der Waals surface area contributed by atoms with Crippen molar-refractivity contribution >= 4 is 16.8 Å². The highest BCUT2D eigenvalue weighted by molar-refractivity contribution is 5.84. The van der Waals surface area contributed by atoms with Crippen LogP contribution in [-0.2, 0) is 11.3 Å². The van der Waals surface area contributed by atoms with Crippen molar-refractivity contribution in [3.8, 4) is 0 Å². The molecule has 0 spiro atoms. The molecular weight excluding hydrogens is 429 g/mol. The minimum Gasteiger partial charge on any atom is -0.390 e. The number of nitrogens with zero attached hydrogens (tertiary/aromatic N) is 3. The van der Waals surface area contributed by atoms with Gasteiger partial charge in [-0.15, -0.1) is 5.10 Å². The van der Waals surface area contributed by atoms with E-state index in [1.54, 1.807) is 10.7 Å². The van der Waals surface area contributed by atoms with E-state index in [4.69, 9.17) is 0 Å². The summed E-state index contributed by atoms with van der Waals surface area (Å²) in [6.07, 6.45) is 9.93. The maximum Gasteiger partial charge on any atom is 0.157 e. The lowest BCUT2D eigenvalue weighted by Crippen LogP contribution is -2.55. The third-order valence-electron chi connectivity index (χ3n) is 11.1. The van der Waals surface area contributed by atoms with Crippen LogP contribution >= 0.6 is 0 Å². The SMILES string of the molecule is C[C@@]1(O)CC[C@@]2(C)[C@@H](CC[C@@H]3[C@@H]2CC[C@]2(C)[C@@H](C(=O)Cn4nnc5cc(F)ccc54)CC[C@@H]32)C1. The molecule has 0 unspecified atom stereocenters. The number of hydrogen-bond donors (Lipinski definition) is 1. The number of carbonyl (C=O) groups is 1. The molecule has 184 valence electrons. The summed E-state index contributed by atoms with van der Waals surface area (Å²) in [5.41, 5.74) is 1.12. The molecule has 1 N–H and O–H groups in total. The molecule has 2 aromatic rings. The highest BCUT2D eigenvalue weighted by Crippen LogP contribution is 2.68. The third-order valence-corrected chi connectivity index (χ3v) is 11.1. The van der Waals surface area contributed by atoms with Crippen molar-refractivity contribution in [2.24, 2.45) is 40.4 Å². The van der Waals surface area contributed by atoms with E-state index >= 15 is 0 Å². The van der Waals surface area contributed by atoms with Crippen molar-refractivity contribution < 1.29 is 14.3 Å². The van der Waals surface area contributed by atoms with E-state index < -0.39 is 5.60 Å². The first-order valence-corrected chi connectivity index (χ1v) is 13.3. The van der Waals surface area contributed by atoms with Crippen LogP contribution in [-0.4, -0.2) is 31.5 Å². The minimum absolute atomic E-state index is 0.0596. The summed E-state index contributed by atoms with van der Waals surface area (Å²) in [6, 6.07) is 4.45. The Morgan fingerprint density at radius 1 is 1.06 bits per heavy atom. The predicted octanol–water partition coefficient (Wildman–Crippen LogP) is 5.55. The van der Waals surface area contributed by atoms with Gasteiger partial charge in [0.25, 0.3) is 0 Å². The molecule has 6 heteroatoms. The van der Waals surface area contributed by atoms with Crippen molar-refractivity contribution in [3.05, 3.63) is 24.0 Å². The average Bonchev–Trinajstić information content (AvgIpc) is 3.34. The Hall–Kier alpha value is -1.82. The molecule has 0 radical (unpaired) electrons. The van der Waals surface area contributed by atoms with Gasteiger partial charge >= 0.3 is 0 Å². The van der Waals surface area contributed by atoms with E-state index in [9.17, 15) is 14.3 Å². The molecule has 0 amide bonds. The molecule has 34 heavy (non-hydrogen) atoms. The van der Waals surface area contributed by atoms with Crippen LogP contribution in [0.5, 0.6) is 0 Å². The number of benzene rings is 1. The largest absolute Gasteiger partial charge is 0.390 e. The first-order valence-electron chi connectivity index (χ1n) is 13.3. The van der Waals surface area contributed by atoms with Gasteiger partial charge in [0.15, 0.2) is 5.78 Å². The molecule has 4 aliphatic rings. The van der Waals surface area contributed by atoms with Gasteiger partial charge in [-0.2, -0.15) is 0 Å². The standard InChI is InChI=1S/C28H38FN3O2/c1-26(34)12-13-27(2)17(15-26)4-6-19-20-7-8-22(28(20,3)11-10-21(19)27)25(33)16-32-24-9-5-18(29)14-23(24)30-31-32/h5,9,14,17,19-22,34H,4,6-8,10-13,15-16H2,1-3H3/t17-,19-,20-,21-,22+,26+,27-,28-/m0/s1. The van der Waals surface area contributed by atoms with Gasteiger partial charge in [0.1, 0.15) is 17.9 Å². The van der Waals surface area contributed by atoms with Crippen molar-refractivity contribution in [2.45, 2.75) is 90.7 Å². The Morgan fingerprint density at radius 2 is 1.85 bits per heavy atom. The number of aliphatic hydroxyl groups is 1. The Labute approximate surface area is 201 Å². The van der Waals surface area contributed by atoms with E-state index in [1.165, 1.54) is 31.4 Å². The van der Waals surface area contributed by atoms with E-state index in [2.05, 4.69) is 24.2 Å². The molecule has 0 bridgehead atoms. The molecule has 1 heterocycles. The number of carbonyl (C=O) groups excluding carboxylic acids is 1. The van der Waals surface area contributed by atoms with Crippen LogP contribution < -0.4 is 0 Å². The summed E-state index contributed by atoms with van der Waals surface area (Å²) in [4.78, 5) is 13.6. The van der Waals surface area contributed by atoms with Crippen LogP contribution in [0.25, 0.3) is 11.0 Å². The van der Waals surface area contributed by atoms with E-state index in [1.807, 2.05) is 6.92 Å². The third kappa shape index (κ3) is 3.30. The first-order chi connectivity index (χ1) is 16.1. The zero-order valence-electron chi connectivity index (χ0n) is 20.8. The minimum atomic E-state index is -0.498. The highest BCUT2D eigenvalue weighted by Gasteiger charge is 2.61. The lowest BCUT2D eigenvalue weighted by molar-refractivity contribution is -0.151. The van der Waals surface area contributed by atoms with Gasteiger partial charge in [-0.25, -0.2) is 9.07 Å². The predicted molar refractivity (Wildman–Crippen MR) is 128 cm³/mol. The Morgan fingerprint density at radius 3 is 2.68 bits per heavy atom. The molecule has 1 aromatic heterocycles. The monoisotopic (exact) mass is 467 g/mol. The van der Waals surface area contributed by atoms with Crippen molar-refractivity contribution in [1.82, 2.24) is 15.0 Å². The summed E-state index contributed by atoms with van der Waals surface area (Å²) in [6.45, 7) is 7.15. The number of Topliss-reactive ketones (excluding diaryl/α,β-unsaturated/α-hetero) is 1. The Kier molecular flexibility index (Phi) is 5.05. The molecule has 0 aliphatic heterocycles. The zero-order valence-corrected chi connectivity index (χ0v) is 20.8. The number of aromatic nitrogens is 3. The van der Waals surface area contributed by atoms with Crippen molar-refractivity contribution in [3.63, 3.8) is 0 Å². The second-order valence-corrected chi connectivity index (χ2v) is 12.9. The summed E-state index contributed by atoms with van der Waals surface area (Å²) in [5.74, 6) is 2.66. The first kappa shape index (κ1) is 22.6. The average molecular weight is 468 g/mol. The number of hydrogen-bond acceptors (Lipinski definition) is 4. The topological polar surface area (TPSA) is 68.0 Å². The van der Waals surface area contributed by atoms with Gasteiger partial charge in [-0.05, 0) is 111 Å². The van der Waals surface area contributed by atoms with Crippen LogP contribution in [0.4, 0.5) is 4.39 Å². The van der Waals surface area contributed by atoms with Crippen molar-refractivity contribution in [1.29, 1.82) is 0 Å². The van der Waals surface area contributed by atoms with E-state index in [-0.39, 0.29) is 29.5 Å². The van der Waals surface area contributed by atoms with Crippen LogP contribution in [0.2, 0.25) is 0 Å². The molecule has 1 aromatic carbocycles. The van der Waals surface area contributed by atoms with Crippen LogP contribution in [0.15, 0.2) is 18.2 Å². The summed E-state index contributed by atoms with van der Waals surface area (Å²) >= 11 is 0. The lowest BCUT2D eigenvalue weighted by atomic mass is 9.44. The summed E-state index contributed by atoms with van der Waals surface area (Å²) in [5, 5.41) is 19.0. The van der Waals surface area contributed by atoms with Gasteiger partial charge in [0, 0.05) is 12.0 Å². The summed E-state index contributed by atoms with van der Waals surface area (Å²) < 4.78 is 15.2. The quantitative estimate of drug-likeness (QED) is 0.643. The van der Waals surface area contributed by atoms with Gasteiger partial charge < -0.3 is 5.11 Å². The van der Waals surface area contributed by atoms with E-state index in [0.29, 0.717) is 28.7 Å². The number of fused-ring (bicyclic) bond motifs is 6. The molecule has 4 aliphatic carbocycles. The Bertz CT molecular complexity index is 1130. The van der Waals surface area contributed by atoms with Gasteiger partial charge in [-0.1, -0.05) is 19.1 Å². The number of halogens is 1. The maximum absolute atomic E-state index is 13.6. The van der Waals surface area contributed by atoms with Gasteiger partial charge in [0.2, 0.25) is 0 Å². The van der Waals surface area contributed by atoms with Gasteiger partial charge in [0.05, 0.1) is 11.1 Å². The molecular formula is C28H38FN3O2. The fraction of sp³-hybridized carbons (Fsp3) is 0.750. The van der Waals surface area contributed by atoms with Crippen LogP contribution in [0.3, 0.4) is 0 Å². The smallest absolute Gasteiger partial charge is 0.157 e. The Balaban J connectivity index is 1.21. The number of rotatable bonds is 3. The lowest BCUT2D eigenvalue weighted by Gasteiger charge is -2.61. The van der Waals surface area contributed by atoms with Crippen LogP contribution in [0, 0.1) is 46.2 Å². The molecule has 8 atom stereocenters. The normalized spacial score (nSPS) is 43.9. The molecule has 5 nitrogen and oxygen atoms in total. The van der Waals surface area contributed by atoms with Crippen LogP contribution in [0.1, 0.15) is 78.6 Å². The van der Waals surface area contributed by atoms with Crippen molar-refractivity contribution in [2.75, 3.05) is 0 Å². The second kappa shape index (κ2) is 7.59. The summed E-state index contributed by atoms with van der Waals surface area (Å²) in [7, 11) is 0. The van der Waals surface area contributed by atoms with Gasteiger partial charge in [-0.3, -0.25) is 4.79 Å². The molecule has 4 saturated carbocycles. The molecule has 4 fully saturated rings. The second-order valence-electron chi connectivity index (χ2n) is 12.9. The number of ketones is 1. The zero-order chi connectivity index (χ0) is 23.9. The highest BCUT2D eigenvalue weighted by atomic mass is 19.1. The maximum atomic E-state index is 13.6. The van der Waals surface area contributed by atoms with E-state index in [0.717, 1.165) is 50.0 Å². The molecule has 0 saturated heterocycles. The molecule has 6 rings (SSSR count). The fourth-order valence-corrected chi connectivity index (χ4v) is 9.28. The fourth-order valence-electron chi connectivity index (χ4n) is 9.28.